The summed E-state index contributed by atoms with van der Waals surface area (Å²) in [7, 11) is 1.00. The number of halogens is 1. The number of fused-ring (bicyclic) bond motifs is 1. The number of nitrogens with one attached hydrogen (secondary N) is 1. The number of aliphatic hydroxyl groups is 1. The molecule has 4 heterocycles. The fraction of sp³-hybridized carbons (Fsp3) is 0.273. The molecule has 2 aliphatic rings. The number of pyridine rings is 1. The average Bonchev–Trinajstić information content (AvgIpc) is 3.55. The van der Waals surface area contributed by atoms with Crippen LogP contribution in [0, 0.1) is 17.1 Å². The van der Waals surface area contributed by atoms with Gasteiger partial charge in [-0.2, -0.15) is 10.4 Å². The van der Waals surface area contributed by atoms with Gasteiger partial charge in [-0.25, -0.2) is 14.1 Å². The summed E-state index contributed by atoms with van der Waals surface area (Å²) in [6, 6.07) is 9.90. The molecule has 9 heteroatoms. The van der Waals surface area contributed by atoms with E-state index in [4.69, 9.17) is 5.11 Å². The zero-order valence-electron chi connectivity index (χ0n) is 17.0. The molecule has 1 amide bonds. The van der Waals surface area contributed by atoms with E-state index < -0.39 is 5.82 Å². The molecule has 0 spiro atoms. The molecule has 0 radical (unpaired) electrons. The van der Waals surface area contributed by atoms with E-state index in [9.17, 15) is 14.4 Å². The zero-order chi connectivity index (χ0) is 22.0. The fourth-order valence-electron chi connectivity index (χ4n) is 3.96. The molecule has 5 rings (SSSR count). The Labute approximate surface area is 178 Å². The van der Waals surface area contributed by atoms with E-state index in [-0.39, 0.29) is 23.6 Å². The van der Waals surface area contributed by atoms with Crippen molar-refractivity contribution in [2.24, 2.45) is 0 Å². The molecule has 1 aromatic carbocycles. The Bertz CT molecular complexity index is 1180. The van der Waals surface area contributed by atoms with Gasteiger partial charge in [-0.1, -0.05) is 6.07 Å². The van der Waals surface area contributed by atoms with Gasteiger partial charge in [0.25, 0.3) is 5.91 Å². The van der Waals surface area contributed by atoms with Gasteiger partial charge in [0.2, 0.25) is 0 Å². The largest absolute Gasteiger partial charge is 0.400 e. The molecule has 0 unspecified atom stereocenters. The smallest absolute Gasteiger partial charge is 0.255 e. The molecule has 2 aliphatic heterocycles. The third-order valence-corrected chi connectivity index (χ3v) is 5.36. The summed E-state index contributed by atoms with van der Waals surface area (Å²) in [5.41, 5.74) is 2.11. The number of benzene rings is 1. The molecule has 31 heavy (non-hydrogen) atoms. The van der Waals surface area contributed by atoms with Crippen molar-refractivity contribution in [2.45, 2.75) is 19.4 Å². The lowest BCUT2D eigenvalue weighted by Gasteiger charge is -2.14. The Balaban J connectivity index is 0.00000112. The summed E-state index contributed by atoms with van der Waals surface area (Å²) >= 11 is 0. The number of nitriles is 1. The number of rotatable bonds is 3. The first-order valence-electron chi connectivity index (χ1n) is 9.92. The minimum atomic E-state index is -0.530. The van der Waals surface area contributed by atoms with Gasteiger partial charge in [-0.15, -0.1) is 0 Å². The van der Waals surface area contributed by atoms with Crippen LogP contribution in [0.5, 0.6) is 0 Å². The Morgan fingerprint density at radius 1 is 1.19 bits per heavy atom. The number of hydrogen-bond acceptors (Lipinski definition) is 6. The molecule has 1 fully saturated rings. The summed E-state index contributed by atoms with van der Waals surface area (Å²) in [5.74, 6) is 0.0795. The first-order valence-corrected chi connectivity index (χ1v) is 9.92. The second kappa shape index (κ2) is 8.53. The van der Waals surface area contributed by atoms with Crippen molar-refractivity contribution in [1.82, 2.24) is 20.1 Å². The van der Waals surface area contributed by atoms with Crippen molar-refractivity contribution in [3.05, 3.63) is 59.2 Å². The number of anilines is 1. The first-order chi connectivity index (χ1) is 15.2. The zero-order valence-corrected chi connectivity index (χ0v) is 17.0. The van der Waals surface area contributed by atoms with Gasteiger partial charge < -0.3 is 15.3 Å². The number of carbonyl (C=O) groups is 1. The number of carbonyl (C=O) groups excluding carboxylic acids is 1. The summed E-state index contributed by atoms with van der Waals surface area (Å²) < 4.78 is 16.2. The second-order valence-corrected chi connectivity index (χ2v) is 7.12. The maximum atomic E-state index is 14.6. The molecule has 0 bridgehead atoms. The Morgan fingerprint density at radius 3 is 2.71 bits per heavy atom. The molecule has 3 aromatic rings. The Kier molecular flexibility index (Phi) is 5.64. The molecule has 2 aromatic heterocycles. The highest BCUT2D eigenvalue weighted by Crippen LogP contribution is 2.31. The van der Waals surface area contributed by atoms with Gasteiger partial charge in [0.05, 0.1) is 46.4 Å². The van der Waals surface area contributed by atoms with Crippen molar-refractivity contribution in [2.75, 3.05) is 25.1 Å². The minimum absolute atomic E-state index is 0.130. The molecule has 158 valence electrons. The standard InChI is InChI=1S/C21H17FN6O.CH4O/c22-14-5-3-4-13(11-23)19(14)15-10-17(20-16(25-15)12-24-21(20)29)28-9-6-18(26-28)27-7-1-2-8-27;1-2/h3-6,9-10H,1-2,7-8,12H2,(H,24,29);2H,1H3. The predicted molar refractivity (Wildman–Crippen MR) is 112 cm³/mol. The fourth-order valence-corrected chi connectivity index (χ4v) is 3.96. The molecular formula is C22H21FN6O2. The normalized spacial score (nSPS) is 14.5. The molecule has 1 saturated heterocycles. The first kappa shape index (κ1) is 20.5. The SMILES string of the molecule is CO.N#Cc1cccc(F)c1-c1cc(-n2ccc(N3CCCC3)n2)c2c(n1)CNC2=O. The summed E-state index contributed by atoms with van der Waals surface area (Å²) in [4.78, 5) is 19.1. The third kappa shape index (κ3) is 3.62. The van der Waals surface area contributed by atoms with Crippen molar-refractivity contribution in [3.8, 4) is 23.0 Å². The molecule has 8 nitrogen and oxygen atoms in total. The number of amides is 1. The van der Waals surface area contributed by atoms with E-state index in [0.29, 0.717) is 22.6 Å². The lowest BCUT2D eigenvalue weighted by Crippen LogP contribution is -2.18. The van der Waals surface area contributed by atoms with Crippen LogP contribution >= 0.6 is 0 Å². The molecule has 0 atom stereocenters. The van der Waals surface area contributed by atoms with Gasteiger partial charge >= 0.3 is 0 Å². The van der Waals surface area contributed by atoms with E-state index in [1.807, 2.05) is 12.1 Å². The maximum Gasteiger partial charge on any atom is 0.255 e. The van der Waals surface area contributed by atoms with Crippen LogP contribution in [0.15, 0.2) is 36.5 Å². The monoisotopic (exact) mass is 420 g/mol. The van der Waals surface area contributed by atoms with Crippen molar-refractivity contribution in [3.63, 3.8) is 0 Å². The number of nitrogens with zero attached hydrogens (tertiary/aromatic N) is 5. The quantitative estimate of drug-likeness (QED) is 0.674. The number of aromatic nitrogens is 3. The second-order valence-electron chi connectivity index (χ2n) is 7.12. The van der Waals surface area contributed by atoms with E-state index in [1.165, 1.54) is 12.1 Å². The van der Waals surface area contributed by atoms with Crippen LogP contribution in [-0.4, -0.2) is 46.0 Å². The lowest BCUT2D eigenvalue weighted by molar-refractivity contribution is 0.0965. The van der Waals surface area contributed by atoms with Crippen molar-refractivity contribution >= 4 is 11.7 Å². The Hall–Kier alpha value is -3.77. The van der Waals surface area contributed by atoms with Crippen molar-refractivity contribution < 1.29 is 14.3 Å². The van der Waals surface area contributed by atoms with Gasteiger partial charge in [-0.05, 0) is 31.0 Å². The highest BCUT2D eigenvalue weighted by Gasteiger charge is 2.28. The van der Waals surface area contributed by atoms with Gasteiger partial charge in [0.1, 0.15) is 5.82 Å². The van der Waals surface area contributed by atoms with Crippen LogP contribution in [0.4, 0.5) is 10.2 Å². The predicted octanol–water partition coefficient (Wildman–Crippen LogP) is 2.40. The molecule has 2 N–H and O–H groups in total. The topological polar surface area (TPSA) is 107 Å². The molecule has 0 saturated carbocycles. The van der Waals surface area contributed by atoms with Gasteiger partial charge in [-0.3, -0.25) is 4.79 Å². The summed E-state index contributed by atoms with van der Waals surface area (Å²) in [6.07, 6.45) is 4.06. The summed E-state index contributed by atoms with van der Waals surface area (Å²) in [5, 5.41) is 23.8. The van der Waals surface area contributed by atoms with E-state index in [0.717, 1.165) is 38.9 Å². The van der Waals surface area contributed by atoms with Gasteiger partial charge in [0.15, 0.2) is 5.82 Å². The number of aliphatic hydroxyl groups excluding tert-OH is 1. The van der Waals surface area contributed by atoms with E-state index >= 15 is 0 Å². The third-order valence-electron chi connectivity index (χ3n) is 5.36. The lowest BCUT2D eigenvalue weighted by atomic mass is 10.0. The van der Waals surface area contributed by atoms with Gasteiger partial charge in [0, 0.05) is 32.5 Å². The minimum Gasteiger partial charge on any atom is -0.400 e. The summed E-state index contributed by atoms with van der Waals surface area (Å²) in [6.45, 7) is 2.17. The van der Waals surface area contributed by atoms with Crippen LogP contribution in [-0.2, 0) is 6.54 Å². The van der Waals surface area contributed by atoms with E-state index in [2.05, 4.69) is 20.3 Å². The van der Waals surface area contributed by atoms with Crippen LogP contribution in [0.3, 0.4) is 0 Å². The number of hydrogen-bond donors (Lipinski definition) is 2. The van der Waals surface area contributed by atoms with E-state index in [1.54, 1.807) is 23.0 Å². The van der Waals surface area contributed by atoms with Crippen LogP contribution in [0.1, 0.15) is 34.5 Å². The maximum absolute atomic E-state index is 14.6. The van der Waals surface area contributed by atoms with Crippen LogP contribution in [0.25, 0.3) is 16.9 Å². The molecule has 0 aliphatic carbocycles. The van der Waals surface area contributed by atoms with Crippen LogP contribution < -0.4 is 10.2 Å². The Morgan fingerprint density at radius 2 is 1.97 bits per heavy atom. The highest BCUT2D eigenvalue weighted by molar-refractivity contribution is 6.01. The van der Waals surface area contributed by atoms with Crippen molar-refractivity contribution in [1.29, 1.82) is 5.26 Å². The average molecular weight is 420 g/mol. The van der Waals surface area contributed by atoms with Crippen LogP contribution in [0.2, 0.25) is 0 Å². The molecular weight excluding hydrogens is 399 g/mol. The highest BCUT2D eigenvalue weighted by atomic mass is 19.1.